The first-order valence-corrected chi connectivity index (χ1v) is 6.32. The topological polar surface area (TPSA) is 65.3 Å². The van der Waals surface area contributed by atoms with Crippen molar-refractivity contribution in [1.82, 2.24) is 4.98 Å². The van der Waals surface area contributed by atoms with E-state index < -0.39 is 4.92 Å². The van der Waals surface area contributed by atoms with Crippen LogP contribution in [0.15, 0.2) is 34.8 Å². The summed E-state index contributed by atoms with van der Waals surface area (Å²) in [5.41, 5.74) is 1.57. The number of nitrogens with zero attached hydrogens (tertiary/aromatic N) is 2. The molecule has 1 aromatic heterocycles. The molecule has 0 amide bonds. The molecule has 0 fully saturated rings. The van der Waals surface area contributed by atoms with Gasteiger partial charge in [0.1, 0.15) is 0 Å². The van der Waals surface area contributed by atoms with E-state index in [-0.39, 0.29) is 11.4 Å². The zero-order chi connectivity index (χ0) is 14.0. The van der Waals surface area contributed by atoms with Crippen LogP contribution in [0.4, 0.5) is 5.69 Å². The van der Waals surface area contributed by atoms with E-state index in [1.54, 1.807) is 24.3 Å². The Hall–Kier alpha value is -1.95. The van der Waals surface area contributed by atoms with Crippen molar-refractivity contribution in [2.24, 2.45) is 0 Å². The van der Waals surface area contributed by atoms with Crippen LogP contribution in [-0.2, 0) is 0 Å². The van der Waals surface area contributed by atoms with Crippen LogP contribution in [0.1, 0.15) is 11.3 Å². The minimum Gasteiger partial charge on any atom is -0.432 e. The molecule has 2 aromatic rings. The van der Waals surface area contributed by atoms with Crippen LogP contribution in [0.3, 0.4) is 0 Å². The summed E-state index contributed by atoms with van der Waals surface area (Å²) in [5, 5.41) is 10.9. The van der Waals surface area contributed by atoms with Crippen molar-refractivity contribution >= 4 is 21.6 Å². The van der Waals surface area contributed by atoms with E-state index in [0.717, 1.165) is 15.7 Å². The normalized spacial score (nSPS) is 10.3. The van der Waals surface area contributed by atoms with E-state index in [9.17, 15) is 10.1 Å². The predicted molar refractivity (Wildman–Crippen MR) is 74.6 cm³/mol. The van der Waals surface area contributed by atoms with Crippen molar-refractivity contribution in [1.29, 1.82) is 0 Å². The van der Waals surface area contributed by atoms with Crippen LogP contribution in [0, 0.1) is 24.0 Å². The molecular formula is C13H11BrN2O3. The highest BCUT2D eigenvalue weighted by Gasteiger charge is 2.16. The average molecular weight is 323 g/mol. The van der Waals surface area contributed by atoms with Crippen LogP contribution in [0.2, 0.25) is 0 Å². The van der Waals surface area contributed by atoms with E-state index >= 15 is 0 Å². The summed E-state index contributed by atoms with van der Waals surface area (Å²) in [4.78, 5) is 14.7. The average Bonchev–Trinajstić information content (AvgIpc) is 2.33. The standard InChI is InChI=1S/C13H11BrN2O3/c1-8-3-5-11(16(17)18)12(7-8)19-13-6-4-10(14)9(2)15-13/h3-7H,1-2H3. The first-order valence-electron chi connectivity index (χ1n) is 5.53. The molecule has 5 nitrogen and oxygen atoms in total. The fraction of sp³-hybridized carbons (Fsp3) is 0.154. The molecule has 0 atom stereocenters. The van der Waals surface area contributed by atoms with Gasteiger partial charge in [-0.15, -0.1) is 0 Å². The van der Waals surface area contributed by atoms with Crippen molar-refractivity contribution < 1.29 is 9.66 Å². The lowest BCUT2D eigenvalue weighted by molar-refractivity contribution is -0.385. The summed E-state index contributed by atoms with van der Waals surface area (Å²) < 4.78 is 6.37. The molecular weight excluding hydrogens is 312 g/mol. The largest absolute Gasteiger partial charge is 0.432 e. The van der Waals surface area contributed by atoms with E-state index in [1.807, 2.05) is 13.8 Å². The number of aromatic nitrogens is 1. The Morgan fingerprint density at radius 1 is 1.26 bits per heavy atom. The summed E-state index contributed by atoms with van der Waals surface area (Å²) in [7, 11) is 0. The molecule has 1 heterocycles. The summed E-state index contributed by atoms with van der Waals surface area (Å²) in [6, 6.07) is 8.17. The van der Waals surface area contributed by atoms with Crippen LogP contribution < -0.4 is 4.74 Å². The Bertz CT molecular complexity index is 644. The Labute approximate surface area is 118 Å². The molecule has 0 spiro atoms. The molecule has 0 aliphatic carbocycles. The van der Waals surface area contributed by atoms with Crippen molar-refractivity contribution in [2.45, 2.75) is 13.8 Å². The number of hydrogen-bond donors (Lipinski definition) is 0. The fourth-order valence-electron chi connectivity index (χ4n) is 1.54. The van der Waals surface area contributed by atoms with E-state index in [4.69, 9.17) is 4.74 Å². The number of nitro groups is 1. The maximum atomic E-state index is 10.9. The van der Waals surface area contributed by atoms with E-state index in [1.165, 1.54) is 6.07 Å². The predicted octanol–water partition coefficient (Wildman–Crippen LogP) is 4.16. The molecule has 98 valence electrons. The SMILES string of the molecule is Cc1ccc([N+](=O)[O-])c(Oc2ccc(Br)c(C)n2)c1. The van der Waals surface area contributed by atoms with Crippen molar-refractivity contribution in [2.75, 3.05) is 0 Å². The van der Waals surface area contributed by atoms with Gasteiger partial charge in [0.2, 0.25) is 11.6 Å². The van der Waals surface area contributed by atoms with Crippen LogP contribution in [-0.4, -0.2) is 9.91 Å². The van der Waals surface area contributed by atoms with Gasteiger partial charge in [0, 0.05) is 16.6 Å². The molecule has 1 aromatic carbocycles. The van der Waals surface area contributed by atoms with Gasteiger partial charge >= 0.3 is 5.69 Å². The first-order chi connectivity index (χ1) is 8.97. The van der Waals surface area contributed by atoms with Gasteiger partial charge in [-0.25, -0.2) is 4.98 Å². The lowest BCUT2D eigenvalue weighted by atomic mass is 10.2. The summed E-state index contributed by atoms with van der Waals surface area (Å²) in [6.45, 7) is 3.67. The van der Waals surface area contributed by atoms with Gasteiger partial charge in [-0.05, 0) is 47.5 Å². The lowest BCUT2D eigenvalue weighted by Gasteiger charge is -2.07. The zero-order valence-corrected chi connectivity index (χ0v) is 12.0. The summed E-state index contributed by atoms with van der Waals surface area (Å²) >= 11 is 3.34. The highest BCUT2D eigenvalue weighted by molar-refractivity contribution is 9.10. The first kappa shape index (κ1) is 13.5. The molecule has 2 rings (SSSR count). The van der Waals surface area contributed by atoms with Crippen LogP contribution in [0.25, 0.3) is 0 Å². The van der Waals surface area contributed by atoms with Crippen LogP contribution in [0.5, 0.6) is 11.6 Å². The Morgan fingerprint density at radius 3 is 2.63 bits per heavy atom. The monoisotopic (exact) mass is 322 g/mol. The number of nitro benzene ring substituents is 1. The Morgan fingerprint density at radius 2 is 2.00 bits per heavy atom. The maximum Gasteiger partial charge on any atom is 0.311 e. The lowest BCUT2D eigenvalue weighted by Crippen LogP contribution is -1.96. The highest BCUT2D eigenvalue weighted by Crippen LogP contribution is 2.32. The minimum atomic E-state index is -0.472. The Balaban J connectivity index is 2.39. The number of rotatable bonds is 3. The molecule has 0 saturated carbocycles. The van der Waals surface area contributed by atoms with Gasteiger partial charge in [0.15, 0.2) is 0 Å². The molecule has 0 bridgehead atoms. The third kappa shape index (κ3) is 3.08. The third-order valence-electron chi connectivity index (χ3n) is 2.52. The van der Waals surface area contributed by atoms with E-state index in [0.29, 0.717) is 5.88 Å². The molecule has 19 heavy (non-hydrogen) atoms. The second kappa shape index (κ2) is 5.36. The number of hydrogen-bond acceptors (Lipinski definition) is 4. The molecule has 0 N–H and O–H groups in total. The van der Waals surface area contributed by atoms with Gasteiger partial charge in [0.25, 0.3) is 0 Å². The number of ether oxygens (including phenoxy) is 1. The molecule has 0 unspecified atom stereocenters. The van der Waals surface area contributed by atoms with Crippen molar-refractivity contribution in [3.05, 3.63) is 56.2 Å². The van der Waals surface area contributed by atoms with Gasteiger partial charge in [-0.1, -0.05) is 6.07 Å². The molecule has 0 aliphatic heterocycles. The number of benzene rings is 1. The quantitative estimate of drug-likeness (QED) is 0.628. The summed E-state index contributed by atoms with van der Waals surface area (Å²) in [6.07, 6.45) is 0. The highest BCUT2D eigenvalue weighted by atomic mass is 79.9. The fourth-order valence-corrected chi connectivity index (χ4v) is 1.77. The van der Waals surface area contributed by atoms with Gasteiger partial charge in [-0.2, -0.15) is 0 Å². The summed E-state index contributed by atoms with van der Waals surface area (Å²) in [5.74, 6) is 0.522. The number of halogens is 1. The van der Waals surface area contributed by atoms with Gasteiger partial charge in [0.05, 0.1) is 10.6 Å². The minimum absolute atomic E-state index is 0.0760. The second-order valence-corrected chi connectivity index (χ2v) is 4.90. The molecule has 0 aliphatic rings. The maximum absolute atomic E-state index is 10.9. The van der Waals surface area contributed by atoms with Gasteiger partial charge in [-0.3, -0.25) is 10.1 Å². The van der Waals surface area contributed by atoms with Gasteiger partial charge < -0.3 is 4.74 Å². The van der Waals surface area contributed by atoms with Crippen LogP contribution >= 0.6 is 15.9 Å². The molecule has 0 radical (unpaired) electrons. The smallest absolute Gasteiger partial charge is 0.311 e. The van der Waals surface area contributed by atoms with Crippen molar-refractivity contribution in [3.63, 3.8) is 0 Å². The van der Waals surface area contributed by atoms with E-state index in [2.05, 4.69) is 20.9 Å². The Kier molecular flexibility index (Phi) is 3.80. The second-order valence-electron chi connectivity index (χ2n) is 4.05. The number of aryl methyl sites for hydroxylation is 2. The third-order valence-corrected chi connectivity index (χ3v) is 3.36. The molecule has 6 heteroatoms. The number of pyridine rings is 1. The molecule has 0 saturated heterocycles. The zero-order valence-electron chi connectivity index (χ0n) is 10.4. The van der Waals surface area contributed by atoms with Crippen molar-refractivity contribution in [3.8, 4) is 11.6 Å².